The fraction of sp³-hybridized carbons (Fsp3) is 0.714. The summed E-state index contributed by atoms with van der Waals surface area (Å²) >= 11 is 1.93. The molecular formula is C14H24N4S. The Bertz CT molecular complexity index is 377. The van der Waals surface area contributed by atoms with Crippen molar-refractivity contribution in [3.8, 4) is 0 Å². The second-order valence-electron chi connectivity index (χ2n) is 4.93. The average molecular weight is 280 g/mol. The summed E-state index contributed by atoms with van der Waals surface area (Å²) in [4.78, 5) is 13.9. The van der Waals surface area contributed by atoms with E-state index in [1.165, 1.54) is 25.4 Å². The summed E-state index contributed by atoms with van der Waals surface area (Å²) in [6, 6.07) is 2.04. The smallest absolute Gasteiger partial charge is 0.128 e. The molecule has 1 aliphatic heterocycles. The zero-order valence-corrected chi connectivity index (χ0v) is 12.8. The lowest BCUT2D eigenvalue weighted by atomic mass is 10.3. The van der Waals surface area contributed by atoms with Crippen molar-refractivity contribution in [2.75, 3.05) is 44.7 Å². The molecule has 0 spiro atoms. The number of thioether (sulfide) groups is 1. The fourth-order valence-corrected chi connectivity index (χ4v) is 2.76. The zero-order valence-electron chi connectivity index (χ0n) is 12.0. The topological polar surface area (TPSA) is 32.3 Å². The van der Waals surface area contributed by atoms with Gasteiger partial charge in [0.25, 0.3) is 0 Å². The van der Waals surface area contributed by atoms with E-state index in [1.54, 1.807) is 0 Å². The number of hydrogen-bond donors (Lipinski definition) is 0. The lowest BCUT2D eigenvalue weighted by Gasteiger charge is -2.34. The van der Waals surface area contributed by atoms with Gasteiger partial charge in [0, 0.05) is 57.6 Å². The van der Waals surface area contributed by atoms with Crippen LogP contribution in [0.1, 0.15) is 18.4 Å². The van der Waals surface area contributed by atoms with Crippen molar-refractivity contribution < 1.29 is 0 Å². The SMILES string of the molecule is CCc1nccc(CN2CCN(CCSC)CC2)n1. The molecule has 4 nitrogen and oxygen atoms in total. The summed E-state index contributed by atoms with van der Waals surface area (Å²) in [5, 5.41) is 0. The molecule has 0 aliphatic carbocycles. The number of nitrogens with zero attached hydrogens (tertiary/aromatic N) is 4. The summed E-state index contributed by atoms with van der Waals surface area (Å²) in [6.45, 7) is 8.97. The second kappa shape index (κ2) is 7.82. The first-order valence-corrected chi connectivity index (χ1v) is 8.45. The molecule has 2 heterocycles. The summed E-state index contributed by atoms with van der Waals surface area (Å²) in [6.07, 6.45) is 4.98. The molecule has 106 valence electrons. The Labute approximate surface area is 120 Å². The van der Waals surface area contributed by atoms with Gasteiger partial charge in [0.2, 0.25) is 0 Å². The molecule has 0 aromatic carbocycles. The highest BCUT2D eigenvalue weighted by Crippen LogP contribution is 2.07. The largest absolute Gasteiger partial charge is 0.300 e. The van der Waals surface area contributed by atoms with Crippen LogP contribution in [-0.2, 0) is 13.0 Å². The van der Waals surface area contributed by atoms with Crippen LogP contribution >= 0.6 is 11.8 Å². The maximum absolute atomic E-state index is 4.58. The highest BCUT2D eigenvalue weighted by atomic mass is 32.2. The molecule has 1 aliphatic rings. The molecule has 19 heavy (non-hydrogen) atoms. The summed E-state index contributed by atoms with van der Waals surface area (Å²) in [5.41, 5.74) is 1.16. The van der Waals surface area contributed by atoms with Gasteiger partial charge in [0.05, 0.1) is 5.69 Å². The van der Waals surface area contributed by atoms with Gasteiger partial charge < -0.3 is 0 Å². The van der Waals surface area contributed by atoms with E-state index in [9.17, 15) is 0 Å². The summed E-state index contributed by atoms with van der Waals surface area (Å²) < 4.78 is 0. The third-order valence-electron chi connectivity index (χ3n) is 3.54. The minimum atomic E-state index is 0.913. The molecule has 1 fully saturated rings. The lowest BCUT2D eigenvalue weighted by molar-refractivity contribution is 0.131. The number of hydrogen-bond acceptors (Lipinski definition) is 5. The number of aryl methyl sites for hydroxylation is 1. The quantitative estimate of drug-likeness (QED) is 0.789. The van der Waals surface area contributed by atoms with E-state index in [-0.39, 0.29) is 0 Å². The van der Waals surface area contributed by atoms with Gasteiger partial charge in [0.1, 0.15) is 5.82 Å². The van der Waals surface area contributed by atoms with Crippen molar-refractivity contribution in [3.05, 3.63) is 23.8 Å². The standard InChI is InChI=1S/C14H24N4S/c1-3-14-15-5-4-13(16-14)12-18-8-6-17(7-9-18)10-11-19-2/h4-5H,3,6-12H2,1-2H3. The highest BCUT2D eigenvalue weighted by Gasteiger charge is 2.16. The van der Waals surface area contributed by atoms with Crippen LogP contribution in [0.5, 0.6) is 0 Å². The van der Waals surface area contributed by atoms with Crippen LogP contribution in [-0.4, -0.2) is 64.5 Å². The Kier molecular flexibility index (Phi) is 6.07. The molecule has 0 unspecified atom stereocenters. The highest BCUT2D eigenvalue weighted by molar-refractivity contribution is 7.98. The van der Waals surface area contributed by atoms with Crippen molar-refractivity contribution in [1.82, 2.24) is 19.8 Å². The predicted octanol–water partition coefficient (Wildman–Crippen LogP) is 1.52. The maximum atomic E-state index is 4.58. The van der Waals surface area contributed by atoms with Crippen LogP contribution in [0.2, 0.25) is 0 Å². The molecule has 1 aromatic rings. The van der Waals surface area contributed by atoms with Gasteiger partial charge in [-0.15, -0.1) is 0 Å². The van der Waals surface area contributed by atoms with E-state index >= 15 is 0 Å². The van der Waals surface area contributed by atoms with Crippen molar-refractivity contribution in [3.63, 3.8) is 0 Å². The number of aromatic nitrogens is 2. The van der Waals surface area contributed by atoms with Gasteiger partial charge in [-0.1, -0.05) is 6.92 Å². The predicted molar refractivity (Wildman–Crippen MR) is 81.5 cm³/mol. The van der Waals surface area contributed by atoms with E-state index in [2.05, 4.69) is 32.9 Å². The fourth-order valence-electron chi connectivity index (χ4n) is 2.32. The summed E-state index contributed by atoms with van der Waals surface area (Å²) in [7, 11) is 0. The van der Waals surface area contributed by atoms with E-state index in [1.807, 2.05) is 24.0 Å². The first-order chi connectivity index (χ1) is 9.31. The normalized spacial score (nSPS) is 17.8. The Morgan fingerprint density at radius 2 is 1.95 bits per heavy atom. The number of rotatable bonds is 6. The third-order valence-corrected chi connectivity index (χ3v) is 4.13. The monoisotopic (exact) mass is 280 g/mol. The van der Waals surface area contributed by atoms with E-state index in [0.29, 0.717) is 0 Å². The van der Waals surface area contributed by atoms with Crippen LogP contribution in [0, 0.1) is 0 Å². The number of piperazine rings is 1. The Balaban J connectivity index is 1.78. The van der Waals surface area contributed by atoms with Gasteiger partial charge in [-0.3, -0.25) is 9.80 Å². The molecule has 1 aromatic heterocycles. The van der Waals surface area contributed by atoms with Crippen LogP contribution in [0.4, 0.5) is 0 Å². The van der Waals surface area contributed by atoms with Crippen molar-refractivity contribution in [1.29, 1.82) is 0 Å². The van der Waals surface area contributed by atoms with Gasteiger partial charge in [-0.05, 0) is 12.3 Å². The van der Waals surface area contributed by atoms with E-state index in [4.69, 9.17) is 0 Å². The molecular weight excluding hydrogens is 256 g/mol. The Morgan fingerprint density at radius 3 is 2.63 bits per heavy atom. The van der Waals surface area contributed by atoms with Gasteiger partial charge >= 0.3 is 0 Å². The molecule has 0 radical (unpaired) electrons. The van der Waals surface area contributed by atoms with Crippen LogP contribution in [0.3, 0.4) is 0 Å². The molecule has 1 saturated heterocycles. The van der Waals surface area contributed by atoms with Gasteiger partial charge in [-0.25, -0.2) is 9.97 Å². The van der Waals surface area contributed by atoms with Crippen molar-refractivity contribution in [2.45, 2.75) is 19.9 Å². The summed E-state index contributed by atoms with van der Waals surface area (Å²) in [5.74, 6) is 2.20. The first-order valence-electron chi connectivity index (χ1n) is 7.06. The first kappa shape index (κ1) is 14.8. The van der Waals surface area contributed by atoms with Crippen LogP contribution in [0.25, 0.3) is 0 Å². The van der Waals surface area contributed by atoms with E-state index in [0.717, 1.165) is 37.6 Å². The average Bonchev–Trinajstić information content (AvgIpc) is 2.47. The van der Waals surface area contributed by atoms with E-state index < -0.39 is 0 Å². The molecule has 0 saturated carbocycles. The van der Waals surface area contributed by atoms with Crippen LogP contribution < -0.4 is 0 Å². The van der Waals surface area contributed by atoms with Gasteiger partial charge in [-0.2, -0.15) is 11.8 Å². The Morgan fingerprint density at radius 1 is 1.21 bits per heavy atom. The molecule has 0 N–H and O–H groups in total. The van der Waals surface area contributed by atoms with Gasteiger partial charge in [0.15, 0.2) is 0 Å². The minimum Gasteiger partial charge on any atom is -0.300 e. The molecule has 0 atom stereocenters. The second-order valence-corrected chi connectivity index (χ2v) is 5.91. The molecule has 2 rings (SSSR count). The Hall–Kier alpha value is -0.650. The minimum absolute atomic E-state index is 0.913. The lowest BCUT2D eigenvalue weighted by Crippen LogP contribution is -2.46. The van der Waals surface area contributed by atoms with Crippen molar-refractivity contribution >= 4 is 11.8 Å². The molecule has 0 bridgehead atoms. The molecule has 0 amide bonds. The molecule has 5 heteroatoms. The van der Waals surface area contributed by atoms with Crippen molar-refractivity contribution in [2.24, 2.45) is 0 Å². The zero-order chi connectivity index (χ0) is 13.5. The van der Waals surface area contributed by atoms with Crippen LogP contribution in [0.15, 0.2) is 12.3 Å². The maximum Gasteiger partial charge on any atom is 0.128 e. The third kappa shape index (κ3) is 4.75.